The maximum Gasteiger partial charge on any atom is 0.224 e. The number of thiol groups is 1. The van der Waals surface area contributed by atoms with E-state index in [1.165, 1.54) is 0 Å². The van der Waals surface area contributed by atoms with Crippen molar-refractivity contribution in [3.63, 3.8) is 0 Å². The van der Waals surface area contributed by atoms with E-state index in [1.807, 2.05) is 30.3 Å². The van der Waals surface area contributed by atoms with E-state index in [9.17, 15) is 4.79 Å². The van der Waals surface area contributed by atoms with Crippen LogP contribution in [0.5, 0.6) is 0 Å². The monoisotopic (exact) mass is 251 g/mol. The SMILES string of the molecule is C=C(O)CNC(=O)[C@@H](CS)Cc1ccccc1. The molecule has 0 radical (unpaired) electrons. The Morgan fingerprint density at radius 2 is 2.06 bits per heavy atom. The van der Waals surface area contributed by atoms with Gasteiger partial charge in [-0.05, 0) is 12.0 Å². The minimum Gasteiger partial charge on any atom is -0.511 e. The van der Waals surface area contributed by atoms with Crippen LogP contribution in [0.4, 0.5) is 0 Å². The molecule has 1 aromatic rings. The van der Waals surface area contributed by atoms with E-state index in [1.54, 1.807) is 0 Å². The number of carbonyl (C=O) groups excluding carboxylic acids is 1. The zero-order valence-corrected chi connectivity index (χ0v) is 10.5. The van der Waals surface area contributed by atoms with E-state index in [0.29, 0.717) is 12.2 Å². The molecule has 1 atom stereocenters. The number of benzene rings is 1. The van der Waals surface area contributed by atoms with Crippen LogP contribution in [0.15, 0.2) is 42.7 Å². The summed E-state index contributed by atoms with van der Waals surface area (Å²) in [6.45, 7) is 3.41. The number of rotatable bonds is 6. The van der Waals surface area contributed by atoms with Gasteiger partial charge in [0.2, 0.25) is 5.91 Å². The van der Waals surface area contributed by atoms with Gasteiger partial charge < -0.3 is 10.4 Å². The summed E-state index contributed by atoms with van der Waals surface area (Å²) in [4.78, 5) is 11.8. The number of nitrogens with one attached hydrogen (secondary N) is 1. The summed E-state index contributed by atoms with van der Waals surface area (Å²) in [5.41, 5.74) is 1.10. The summed E-state index contributed by atoms with van der Waals surface area (Å²) in [6.07, 6.45) is 0.647. The summed E-state index contributed by atoms with van der Waals surface area (Å²) < 4.78 is 0. The molecule has 17 heavy (non-hydrogen) atoms. The molecule has 92 valence electrons. The fourth-order valence-corrected chi connectivity index (χ4v) is 1.77. The molecule has 1 rings (SSSR count). The predicted octanol–water partition coefficient (Wildman–Crippen LogP) is 1.96. The van der Waals surface area contributed by atoms with Gasteiger partial charge in [0, 0.05) is 5.75 Å². The minimum atomic E-state index is -0.194. The van der Waals surface area contributed by atoms with Crippen molar-refractivity contribution in [1.29, 1.82) is 0 Å². The lowest BCUT2D eigenvalue weighted by Gasteiger charge is -2.14. The third-order valence-corrected chi connectivity index (χ3v) is 2.82. The minimum absolute atomic E-state index is 0.0454. The van der Waals surface area contributed by atoms with Crippen LogP contribution in [0, 0.1) is 5.92 Å². The molecule has 3 nitrogen and oxygen atoms in total. The highest BCUT2D eigenvalue weighted by Gasteiger charge is 2.16. The molecule has 0 aliphatic carbocycles. The summed E-state index contributed by atoms with van der Waals surface area (Å²) in [5.74, 6) is 0.119. The predicted molar refractivity (Wildman–Crippen MR) is 72.3 cm³/mol. The van der Waals surface area contributed by atoms with Crippen LogP contribution >= 0.6 is 12.6 Å². The standard InChI is InChI=1S/C13H17NO2S/c1-10(15)8-14-13(16)12(9-17)7-11-5-3-2-4-6-11/h2-6,12,15,17H,1,7-9H2,(H,14,16)/t12-/m1/s1. The largest absolute Gasteiger partial charge is 0.511 e. The fourth-order valence-electron chi connectivity index (χ4n) is 1.47. The summed E-state index contributed by atoms with van der Waals surface area (Å²) in [6, 6.07) is 9.79. The Morgan fingerprint density at radius 3 is 2.59 bits per heavy atom. The van der Waals surface area contributed by atoms with E-state index >= 15 is 0 Å². The zero-order valence-electron chi connectivity index (χ0n) is 9.60. The van der Waals surface area contributed by atoms with Gasteiger partial charge in [0.05, 0.1) is 12.5 Å². The maximum atomic E-state index is 11.8. The van der Waals surface area contributed by atoms with Gasteiger partial charge in [-0.15, -0.1) is 0 Å². The molecule has 4 heteroatoms. The molecule has 0 fully saturated rings. The smallest absolute Gasteiger partial charge is 0.224 e. The van der Waals surface area contributed by atoms with Crippen molar-refractivity contribution in [3.8, 4) is 0 Å². The number of carbonyl (C=O) groups is 1. The first-order chi connectivity index (χ1) is 8.13. The van der Waals surface area contributed by atoms with Crippen molar-refractivity contribution in [2.45, 2.75) is 6.42 Å². The van der Waals surface area contributed by atoms with Gasteiger partial charge in [0.1, 0.15) is 5.76 Å². The second kappa shape index (κ2) is 7.01. The number of hydrogen-bond acceptors (Lipinski definition) is 3. The normalized spacial score (nSPS) is 11.8. The quantitative estimate of drug-likeness (QED) is 0.535. The first-order valence-corrected chi connectivity index (χ1v) is 6.06. The molecule has 0 saturated heterocycles. The van der Waals surface area contributed by atoms with Gasteiger partial charge in [0.15, 0.2) is 0 Å². The van der Waals surface area contributed by atoms with E-state index < -0.39 is 0 Å². The third kappa shape index (κ3) is 4.95. The van der Waals surface area contributed by atoms with Crippen LogP contribution in [0.1, 0.15) is 5.56 Å². The molecule has 0 saturated carbocycles. The van der Waals surface area contributed by atoms with Gasteiger partial charge in [-0.1, -0.05) is 36.9 Å². The lowest BCUT2D eigenvalue weighted by molar-refractivity contribution is -0.124. The van der Waals surface area contributed by atoms with Crippen molar-refractivity contribution in [3.05, 3.63) is 48.2 Å². The van der Waals surface area contributed by atoms with Crippen molar-refractivity contribution in [2.75, 3.05) is 12.3 Å². The van der Waals surface area contributed by atoms with Crippen LogP contribution in [0.3, 0.4) is 0 Å². The number of aliphatic hydroxyl groups is 1. The molecule has 0 spiro atoms. The second-order valence-corrected chi connectivity index (χ2v) is 4.22. The van der Waals surface area contributed by atoms with E-state index in [2.05, 4.69) is 24.5 Å². The molecule has 2 N–H and O–H groups in total. The first-order valence-electron chi connectivity index (χ1n) is 5.42. The van der Waals surface area contributed by atoms with Crippen LogP contribution in [0.25, 0.3) is 0 Å². The van der Waals surface area contributed by atoms with Crippen molar-refractivity contribution < 1.29 is 9.90 Å². The molecule has 0 bridgehead atoms. The Morgan fingerprint density at radius 1 is 1.41 bits per heavy atom. The van der Waals surface area contributed by atoms with Crippen molar-refractivity contribution in [2.24, 2.45) is 5.92 Å². The highest BCUT2D eigenvalue weighted by Crippen LogP contribution is 2.10. The second-order valence-electron chi connectivity index (χ2n) is 3.85. The van der Waals surface area contributed by atoms with E-state index in [-0.39, 0.29) is 24.1 Å². The molecule has 0 heterocycles. The van der Waals surface area contributed by atoms with Crippen molar-refractivity contribution in [1.82, 2.24) is 5.32 Å². The number of hydrogen-bond donors (Lipinski definition) is 3. The molecule has 1 amide bonds. The Bertz CT molecular complexity index is 378. The molecule has 0 aliphatic rings. The molecule has 0 unspecified atom stereocenters. The summed E-state index contributed by atoms with van der Waals surface area (Å²) in [5, 5.41) is 11.5. The van der Waals surface area contributed by atoms with Crippen LogP contribution in [0.2, 0.25) is 0 Å². The van der Waals surface area contributed by atoms with Gasteiger partial charge in [-0.2, -0.15) is 12.6 Å². The van der Waals surface area contributed by atoms with Gasteiger partial charge >= 0.3 is 0 Å². The topological polar surface area (TPSA) is 49.3 Å². The highest BCUT2D eigenvalue weighted by molar-refractivity contribution is 7.80. The Labute approximate surface area is 107 Å². The van der Waals surface area contributed by atoms with E-state index in [4.69, 9.17) is 5.11 Å². The maximum absolute atomic E-state index is 11.8. The third-order valence-electron chi connectivity index (χ3n) is 2.38. The summed E-state index contributed by atoms with van der Waals surface area (Å²) >= 11 is 4.18. The van der Waals surface area contributed by atoms with Crippen LogP contribution < -0.4 is 5.32 Å². The molecule has 0 aliphatic heterocycles. The highest BCUT2D eigenvalue weighted by atomic mass is 32.1. The van der Waals surface area contributed by atoms with Crippen LogP contribution in [-0.4, -0.2) is 23.3 Å². The lowest BCUT2D eigenvalue weighted by atomic mass is 10.0. The molecular weight excluding hydrogens is 234 g/mol. The average Bonchev–Trinajstić information content (AvgIpc) is 2.34. The van der Waals surface area contributed by atoms with Crippen molar-refractivity contribution >= 4 is 18.5 Å². The van der Waals surface area contributed by atoms with Gasteiger partial charge in [0.25, 0.3) is 0 Å². The Hall–Kier alpha value is -1.42. The number of aliphatic hydroxyl groups excluding tert-OH is 1. The first kappa shape index (κ1) is 13.6. The number of amides is 1. The van der Waals surface area contributed by atoms with E-state index in [0.717, 1.165) is 5.56 Å². The Kier molecular flexibility index (Phi) is 5.63. The lowest BCUT2D eigenvalue weighted by Crippen LogP contribution is -2.34. The summed E-state index contributed by atoms with van der Waals surface area (Å²) in [7, 11) is 0. The van der Waals surface area contributed by atoms with Crippen LogP contribution in [-0.2, 0) is 11.2 Å². The molecular formula is C13H17NO2S. The molecule has 1 aromatic carbocycles. The fraction of sp³-hybridized carbons (Fsp3) is 0.308. The Balaban J connectivity index is 2.53. The van der Waals surface area contributed by atoms with Gasteiger partial charge in [-0.3, -0.25) is 4.79 Å². The van der Waals surface area contributed by atoms with Gasteiger partial charge in [-0.25, -0.2) is 0 Å². The average molecular weight is 251 g/mol. The zero-order chi connectivity index (χ0) is 12.7. The molecule has 0 aromatic heterocycles.